The van der Waals surface area contributed by atoms with Gasteiger partial charge in [0, 0.05) is 19.6 Å². The first kappa shape index (κ1) is 17.5. The van der Waals surface area contributed by atoms with E-state index in [1.54, 1.807) is 6.92 Å². The zero-order valence-electron chi connectivity index (χ0n) is 14.0. The van der Waals surface area contributed by atoms with Crippen LogP contribution in [0.25, 0.3) is 0 Å². The number of hydrogen-bond donors (Lipinski definition) is 1. The third-order valence-electron chi connectivity index (χ3n) is 4.23. The maximum Gasteiger partial charge on any atom is 0.326 e. The fourth-order valence-electron chi connectivity index (χ4n) is 2.76. The zero-order valence-corrected chi connectivity index (χ0v) is 14.0. The molecule has 2 unspecified atom stereocenters. The molecule has 1 aromatic carbocycles. The first-order valence-corrected chi connectivity index (χ1v) is 8.11. The van der Waals surface area contributed by atoms with E-state index in [1.807, 2.05) is 24.3 Å². The smallest absolute Gasteiger partial charge is 0.326 e. The van der Waals surface area contributed by atoms with Crippen LogP contribution in [0, 0.1) is 5.92 Å². The second-order valence-corrected chi connectivity index (χ2v) is 6.49. The number of rotatable bonds is 6. The summed E-state index contributed by atoms with van der Waals surface area (Å²) in [5.74, 6) is -0.719. The van der Waals surface area contributed by atoms with E-state index in [9.17, 15) is 14.7 Å². The Morgan fingerprint density at radius 1 is 1.26 bits per heavy atom. The van der Waals surface area contributed by atoms with Gasteiger partial charge >= 0.3 is 5.97 Å². The fraction of sp³-hybridized carbons (Fsp3) is 0.556. The normalized spacial score (nSPS) is 18.6. The van der Waals surface area contributed by atoms with Gasteiger partial charge in [-0.1, -0.05) is 38.1 Å². The number of aliphatic carboxylic acids is 1. The molecule has 0 fully saturated rings. The Labute approximate surface area is 137 Å². The number of nitrogens with zero attached hydrogens (tertiary/aromatic N) is 1. The number of ether oxygens (including phenoxy) is 1. The van der Waals surface area contributed by atoms with Crippen LogP contribution in [0.1, 0.15) is 38.3 Å². The Hall–Kier alpha value is -1.88. The van der Waals surface area contributed by atoms with Crippen molar-refractivity contribution in [2.45, 2.75) is 52.3 Å². The van der Waals surface area contributed by atoms with Crippen LogP contribution in [0.2, 0.25) is 0 Å². The fourth-order valence-corrected chi connectivity index (χ4v) is 2.76. The van der Waals surface area contributed by atoms with Gasteiger partial charge in [0.05, 0.1) is 0 Å². The number of carboxylic acid groups (broad SMARTS) is 1. The number of hydrogen-bond acceptors (Lipinski definition) is 3. The van der Waals surface area contributed by atoms with Crippen LogP contribution >= 0.6 is 0 Å². The van der Waals surface area contributed by atoms with Gasteiger partial charge in [0.15, 0.2) is 0 Å². The van der Waals surface area contributed by atoms with Gasteiger partial charge in [-0.05, 0) is 30.4 Å². The van der Waals surface area contributed by atoms with E-state index in [4.69, 9.17) is 4.74 Å². The molecule has 0 saturated carbocycles. The number of fused-ring (bicyclic) bond motifs is 1. The topological polar surface area (TPSA) is 66.8 Å². The van der Waals surface area contributed by atoms with Crippen LogP contribution in [-0.4, -0.2) is 40.6 Å². The van der Waals surface area contributed by atoms with Gasteiger partial charge in [-0.2, -0.15) is 0 Å². The predicted molar refractivity (Wildman–Crippen MR) is 87.0 cm³/mol. The molecule has 1 heterocycles. The van der Waals surface area contributed by atoms with Crippen LogP contribution in [0.3, 0.4) is 0 Å². The van der Waals surface area contributed by atoms with Crippen LogP contribution in [0.4, 0.5) is 0 Å². The summed E-state index contributed by atoms with van der Waals surface area (Å²) in [6.07, 6.45) is 0.597. The average Bonchev–Trinajstić information content (AvgIpc) is 2.52. The van der Waals surface area contributed by atoms with E-state index in [1.165, 1.54) is 4.90 Å². The highest BCUT2D eigenvalue weighted by Gasteiger charge is 2.36. The number of carbonyl (C=O) groups is 2. The molecule has 126 valence electrons. The summed E-state index contributed by atoms with van der Waals surface area (Å²) in [5.41, 5.74) is 2.00. The first-order chi connectivity index (χ1) is 10.9. The maximum absolute atomic E-state index is 12.6. The lowest BCUT2D eigenvalue weighted by atomic mass is 9.93. The van der Waals surface area contributed by atoms with Gasteiger partial charge in [0.25, 0.3) is 5.91 Å². The minimum atomic E-state index is -0.970. The van der Waals surface area contributed by atoms with Crippen LogP contribution in [-0.2, 0) is 27.3 Å². The number of benzene rings is 1. The zero-order chi connectivity index (χ0) is 17.0. The lowest BCUT2D eigenvalue weighted by Gasteiger charge is -2.35. The number of carbonyl (C=O) groups excluding carboxylic acids is 1. The summed E-state index contributed by atoms with van der Waals surface area (Å²) in [5, 5.41) is 9.48. The first-order valence-electron chi connectivity index (χ1n) is 8.11. The van der Waals surface area contributed by atoms with Crippen LogP contribution in [0.5, 0.6) is 0 Å². The SMILES string of the molecule is CC(C)CCOC(C)C(=O)N1Cc2ccccc2CC1C(=O)O. The van der Waals surface area contributed by atoms with Gasteiger partial charge < -0.3 is 14.7 Å². The van der Waals surface area contributed by atoms with Gasteiger partial charge in [0.2, 0.25) is 0 Å². The van der Waals surface area contributed by atoms with Gasteiger partial charge in [-0.15, -0.1) is 0 Å². The van der Waals surface area contributed by atoms with E-state index < -0.39 is 18.1 Å². The molecule has 1 amide bonds. The van der Waals surface area contributed by atoms with Crippen LogP contribution < -0.4 is 0 Å². The molecule has 1 aliphatic rings. The van der Waals surface area contributed by atoms with E-state index in [0.29, 0.717) is 25.5 Å². The Morgan fingerprint density at radius 3 is 2.52 bits per heavy atom. The van der Waals surface area contributed by atoms with E-state index in [2.05, 4.69) is 13.8 Å². The molecule has 0 aromatic heterocycles. The van der Waals surface area contributed by atoms with Crippen molar-refractivity contribution in [2.75, 3.05) is 6.61 Å². The van der Waals surface area contributed by atoms with Crippen molar-refractivity contribution in [3.8, 4) is 0 Å². The summed E-state index contributed by atoms with van der Waals surface area (Å²) < 4.78 is 5.60. The second-order valence-electron chi connectivity index (χ2n) is 6.49. The summed E-state index contributed by atoms with van der Waals surface area (Å²) in [4.78, 5) is 25.6. The monoisotopic (exact) mass is 319 g/mol. The lowest BCUT2D eigenvalue weighted by Crippen LogP contribution is -2.51. The standard InChI is InChI=1S/C18H25NO4/c1-12(2)8-9-23-13(3)17(20)19-11-15-7-5-4-6-14(15)10-16(19)18(21)22/h4-7,12-13,16H,8-11H2,1-3H3,(H,21,22). The molecule has 0 radical (unpaired) electrons. The Balaban J connectivity index is 2.09. The Kier molecular flexibility index (Phi) is 5.77. The summed E-state index contributed by atoms with van der Waals surface area (Å²) in [6.45, 7) is 6.72. The molecule has 5 heteroatoms. The molecule has 0 aliphatic carbocycles. The highest BCUT2D eigenvalue weighted by atomic mass is 16.5. The van der Waals surface area contributed by atoms with Crippen LogP contribution in [0.15, 0.2) is 24.3 Å². The molecular formula is C18H25NO4. The van der Waals surface area contributed by atoms with Crippen molar-refractivity contribution in [1.82, 2.24) is 4.90 Å². The minimum Gasteiger partial charge on any atom is -0.480 e. The molecule has 5 nitrogen and oxygen atoms in total. The molecule has 2 atom stereocenters. The van der Waals surface area contributed by atoms with Crippen molar-refractivity contribution in [1.29, 1.82) is 0 Å². The molecule has 1 N–H and O–H groups in total. The molecule has 23 heavy (non-hydrogen) atoms. The van der Waals surface area contributed by atoms with Crippen molar-refractivity contribution in [3.05, 3.63) is 35.4 Å². The van der Waals surface area contributed by atoms with Gasteiger partial charge in [0.1, 0.15) is 12.1 Å². The van der Waals surface area contributed by atoms with E-state index in [0.717, 1.165) is 17.5 Å². The maximum atomic E-state index is 12.6. The van der Waals surface area contributed by atoms with E-state index in [-0.39, 0.29) is 5.91 Å². The third kappa shape index (κ3) is 4.32. The van der Waals surface area contributed by atoms with E-state index >= 15 is 0 Å². The lowest BCUT2D eigenvalue weighted by molar-refractivity contribution is -0.157. The van der Waals surface area contributed by atoms with Crippen molar-refractivity contribution >= 4 is 11.9 Å². The number of amides is 1. The summed E-state index contributed by atoms with van der Waals surface area (Å²) in [6, 6.07) is 6.85. The molecule has 0 saturated heterocycles. The summed E-state index contributed by atoms with van der Waals surface area (Å²) >= 11 is 0. The molecule has 0 spiro atoms. The Bertz CT molecular complexity index is 570. The second kappa shape index (κ2) is 7.59. The minimum absolute atomic E-state index is 0.254. The quantitative estimate of drug-likeness (QED) is 0.875. The third-order valence-corrected chi connectivity index (χ3v) is 4.23. The molecule has 1 aliphatic heterocycles. The highest BCUT2D eigenvalue weighted by Crippen LogP contribution is 2.24. The number of carboxylic acids is 1. The Morgan fingerprint density at radius 2 is 1.91 bits per heavy atom. The highest BCUT2D eigenvalue weighted by molar-refractivity contribution is 5.87. The molecule has 0 bridgehead atoms. The largest absolute Gasteiger partial charge is 0.480 e. The van der Waals surface area contributed by atoms with Crippen molar-refractivity contribution in [2.24, 2.45) is 5.92 Å². The molecule has 1 aromatic rings. The van der Waals surface area contributed by atoms with Gasteiger partial charge in [-0.25, -0.2) is 4.79 Å². The van der Waals surface area contributed by atoms with Crippen molar-refractivity contribution < 1.29 is 19.4 Å². The predicted octanol–water partition coefficient (Wildman–Crippen LogP) is 2.48. The summed E-state index contributed by atoms with van der Waals surface area (Å²) in [7, 11) is 0. The molecule has 2 rings (SSSR count). The van der Waals surface area contributed by atoms with Crippen molar-refractivity contribution in [3.63, 3.8) is 0 Å². The van der Waals surface area contributed by atoms with Gasteiger partial charge in [-0.3, -0.25) is 4.79 Å². The average molecular weight is 319 g/mol. The molecular weight excluding hydrogens is 294 g/mol.